The molecule has 1 rings (SSSR count). The maximum Gasteiger partial charge on any atom is 0.574 e. The van der Waals surface area contributed by atoms with Gasteiger partial charge in [-0.05, 0) is 22.6 Å². The van der Waals surface area contributed by atoms with Crippen molar-refractivity contribution < 1.29 is 22.6 Å². The first-order valence-corrected chi connectivity index (χ1v) is 5.31. The summed E-state index contributed by atoms with van der Waals surface area (Å²) in [5.41, 5.74) is 0.300. The standard InChI is InChI=1S/C9H6F3IN2O2/c1-16-7-5(2-3-14)4-6(15-8(7)13)17-9(10,11)12/h4H,2H2,1H3. The van der Waals surface area contributed by atoms with E-state index in [4.69, 9.17) is 10.00 Å². The highest BCUT2D eigenvalue weighted by atomic mass is 127. The molecule has 0 aromatic carbocycles. The molecule has 1 aromatic heterocycles. The zero-order valence-corrected chi connectivity index (χ0v) is 10.7. The summed E-state index contributed by atoms with van der Waals surface area (Å²) in [6, 6.07) is 2.87. The van der Waals surface area contributed by atoms with E-state index in [2.05, 4.69) is 9.72 Å². The number of alkyl halides is 3. The van der Waals surface area contributed by atoms with Crippen LogP contribution in [0.15, 0.2) is 6.07 Å². The van der Waals surface area contributed by atoms with Crippen molar-refractivity contribution in [3.8, 4) is 17.7 Å². The van der Waals surface area contributed by atoms with Crippen LogP contribution in [0.1, 0.15) is 5.56 Å². The average Bonchev–Trinajstić information content (AvgIpc) is 2.15. The number of nitrogens with zero attached hydrogens (tertiary/aromatic N) is 2. The molecule has 0 aliphatic rings. The lowest BCUT2D eigenvalue weighted by atomic mass is 10.2. The predicted octanol–water partition coefficient (Wildman–Crippen LogP) is 2.66. The molecule has 0 fully saturated rings. The van der Waals surface area contributed by atoms with Gasteiger partial charge < -0.3 is 9.47 Å². The summed E-state index contributed by atoms with van der Waals surface area (Å²) in [7, 11) is 1.35. The van der Waals surface area contributed by atoms with Crippen molar-refractivity contribution in [1.82, 2.24) is 4.98 Å². The number of halogens is 4. The lowest BCUT2D eigenvalue weighted by Gasteiger charge is -2.12. The van der Waals surface area contributed by atoms with Crippen molar-refractivity contribution in [3.05, 3.63) is 15.3 Å². The van der Waals surface area contributed by atoms with Gasteiger partial charge in [0.1, 0.15) is 3.70 Å². The van der Waals surface area contributed by atoms with Gasteiger partial charge in [-0.1, -0.05) is 0 Å². The Labute approximate surface area is 108 Å². The SMILES string of the molecule is COc1c(CC#N)cc(OC(F)(F)F)nc1I. The van der Waals surface area contributed by atoms with E-state index in [1.165, 1.54) is 7.11 Å². The Morgan fingerprint density at radius 2 is 2.18 bits per heavy atom. The van der Waals surface area contributed by atoms with E-state index in [1.54, 1.807) is 22.6 Å². The molecular weight excluding hydrogens is 352 g/mol. The number of nitriles is 1. The third kappa shape index (κ3) is 3.92. The van der Waals surface area contributed by atoms with E-state index < -0.39 is 12.2 Å². The van der Waals surface area contributed by atoms with Crippen LogP contribution in [0.2, 0.25) is 0 Å². The molecule has 0 radical (unpaired) electrons. The zero-order valence-electron chi connectivity index (χ0n) is 8.51. The van der Waals surface area contributed by atoms with E-state index in [1.807, 2.05) is 6.07 Å². The second kappa shape index (κ2) is 5.39. The largest absolute Gasteiger partial charge is 0.574 e. The van der Waals surface area contributed by atoms with E-state index in [9.17, 15) is 13.2 Å². The fourth-order valence-electron chi connectivity index (χ4n) is 1.13. The molecule has 0 saturated heterocycles. The minimum Gasteiger partial charge on any atom is -0.494 e. The second-order valence-electron chi connectivity index (χ2n) is 2.83. The molecule has 92 valence electrons. The molecule has 1 heterocycles. The van der Waals surface area contributed by atoms with Crippen LogP contribution >= 0.6 is 22.6 Å². The topological polar surface area (TPSA) is 55.1 Å². The Bertz CT molecular complexity index is 457. The van der Waals surface area contributed by atoms with Crippen LogP contribution in [0.3, 0.4) is 0 Å². The van der Waals surface area contributed by atoms with Gasteiger partial charge in [0.25, 0.3) is 0 Å². The molecule has 0 atom stereocenters. The molecule has 0 bridgehead atoms. The molecule has 0 unspecified atom stereocenters. The Morgan fingerprint density at radius 1 is 1.53 bits per heavy atom. The van der Waals surface area contributed by atoms with Gasteiger partial charge in [-0.15, -0.1) is 13.2 Å². The summed E-state index contributed by atoms with van der Waals surface area (Å²) >= 11 is 1.71. The number of rotatable bonds is 3. The number of hydrogen-bond donors (Lipinski definition) is 0. The summed E-state index contributed by atoms with van der Waals surface area (Å²) in [6.45, 7) is 0. The van der Waals surface area contributed by atoms with E-state index in [0.717, 1.165) is 6.07 Å². The third-order valence-corrected chi connectivity index (χ3v) is 2.41. The van der Waals surface area contributed by atoms with E-state index in [-0.39, 0.29) is 15.9 Å². The molecule has 17 heavy (non-hydrogen) atoms. The lowest BCUT2D eigenvalue weighted by Crippen LogP contribution is -2.18. The first kappa shape index (κ1) is 13.8. The molecule has 0 saturated carbocycles. The van der Waals surface area contributed by atoms with Crippen LogP contribution in [0.25, 0.3) is 0 Å². The van der Waals surface area contributed by atoms with Crippen LogP contribution < -0.4 is 9.47 Å². The van der Waals surface area contributed by atoms with Gasteiger partial charge in [0, 0.05) is 11.6 Å². The van der Waals surface area contributed by atoms with Crippen molar-refractivity contribution in [2.45, 2.75) is 12.8 Å². The Morgan fingerprint density at radius 3 is 2.65 bits per heavy atom. The summed E-state index contributed by atoms with van der Waals surface area (Å²) in [4.78, 5) is 3.58. The van der Waals surface area contributed by atoms with Crippen LogP contribution in [0.4, 0.5) is 13.2 Å². The van der Waals surface area contributed by atoms with Gasteiger partial charge in [-0.25, -0.2) is 4.98 Å². The predicted molar refractivity (Wildman–Crippen MR) is 59.5 cm³/mol. The van der Waals surface area contributed by atoms with Gasteiger partial charge in [0.2, 0.25) is 5.88 Å². The number of aromatic nitrogens is 1. The number of pyridine rings is 1. The fraction of sp³-hybridized carbons (Fsp3) is 0.333. The van der Waals surface area contributed by atoms with Crippen molar-refractivity contribution in [2.24, 2.45) is 0 Å². The van der Waals surface area contributed by atoms with Gasteiger partial charge in [0.15, 0.2) is 5.75 Å². The molecule has 8 heteroatoms. The van der Waals surface area contributed by atoms with Crippen molar-refractivity contribution in [3.63, 3.8) is 0 Å². The minimum atomic E-state index is -4.81. The maximum absolute atomic E-state index is 12.0. The molecule has 0 amide bonds. The highest BCUT2D eigenvalue weighted by molar-refractivity contribution is 14.1. The van der Waals surface area contributed by atoms with Gasteiger partial charge >= 0.3 is 6.36 Å². The molecule has 4 nitrogen and oxygen atoms in total. The van der Waals surface area contributed by atoms with Crippen LogP contribution in [-0.4, -0.2) is 18.5 Å². The molecular formula is C9H6F3IN2O2. The molecule has 0 spiro atoms. The summed E-state index contributed by atoms with van der Waals surface area (Å²) in [5.74, 6) is -0.324. The first-order chi connectivity index (χ1) is 7.87. The molecule has 0 N–H and O–H groups in total. The Kier molecular flexibility index (Phi) is 4.39. The highest BCUT2D eigenvalue weighted by Gasteiger charge is 2.32. The highest BCUT2D eigenvalue weighted by Crippen LogP contribution is 2.30. The van der Waals surface area contributed by atoms with Gasteiger partial charge in [0.05, 0.1) is 19.6 Å². The number of ether oxygens (including phenoxy) is 2. The fourth-order valence-corrected chi connectivity index (χ4v) is 1.93. The summed E-state index contributed by atoms with van der Waals surface area (Å²) in [6.07, 6.45) is -4.90. The van der Waals surface area contributed by atoms with Crippen LogP contribution in [0, 0.1) is 15.0 Å². The molecule has 0 aliphatic heterocycles. The molecule has 1 aromatic rings. The normalized spacial score (nSPS) is 10.8. The first-order valence-electron chi connectivity index (χ1n) is 4.23. The molecule has 0 aliphatic carbocycles. The van der Waals surface area contributed by atoms with E-state index in [0.29, 0.717) is 5.56 Å². The van der Waals surface area contributed by atoms with Crippen molar-refractivity contribution in [2.75, 3.05) is 7.11 Å². The monoisotopic (exact) mass is 358 g/mol. The maximum atomic E-state index is 12.0. The number of hydrogen-bond acceptors (Lipinski definition) is 4. The quantitative estimate of drug-likeness (QED) is 0.616. The minimum absolute atomic E-state index is 0.0874. The van der Waals surface area contributed by atoms with Crippen molar-refractivity contribution in [1.29, 1.82) is 5.26 Å². The lowest BCUT2D eigenvalue weighted by molar-refractivity contribution is -0.276. The van der Waals surface area contributed by atoms with Gasteiger partial charge in [-0.3, -0.25) is 0 Å². The Balaban J connectivity index is 3.15. The van der Waals surface area contributed by atoms with Crippen LogP contribution in [0.5, 0.6) is 11.6 Å². The summed E-state index contributed by atoms with van der Waals surface area (Å²) < 4.78 is 44.9. The smallest absolute Gasteiger partial charge is 0.494 e. The second-order valence-corrected chi connectivity index (χ2v) is 3.85. The zero-order chi connectivity index (χ0) is 13.1. The summed E-state index contributed by atoms with van der Waals surface area (Å²) in [5, 5.41) is 8.56. The third-order valence-electron chi connectivity index (χ3n) is 1.68. The van der Waals surface area contributed by atoms with E-state index >= 15 is 0 Å². The van der Waals surface area contributed by atoms with Crippen LogP contribution in [-0.2, 0) is 6.42 Å². The van der Waals surface area contributed by atoms with Crippen molar-refractivity contribution >= 4 is 22.6 Å². The van der Waals surface area contributed by atoms with Gasteiger partial charge in [-0.2, -0.15) is 5.26 Å². The Hall–Kier alpha value is -1.24. The average molecular weight is 358 g/mol. The number of methoxy groups -OCH3 is 1.